The molecule has 0 aromatic rings. The molecule has 0 bridgehead atoms. The van der Waals surface area contributed by atoms with E-state index in [1.807, 2.05) is 13.8 Å². The molecule has 66 valence electrons. The summed E-state index contributed by atoms with van der Waals surface area (Å²) >= 11 is 0. The molecule has 0 aliphatic carbocycles. The molecule has 0 spiro atoms. The van der Waals surface area contributed by atoms with Crippen molar-refractivity contribution >= 4 is 5.97 Å². The standard InChI is InChI=1S/C8H16O3/c1-3-7(8(9)10)5-6-11-4-2/h7H,3-6H2,1-2H3,(H,9,10)/t7-/m0/s1. The van der Waals surface area contributed by atoms with E-state index in [2.05, 4.69) is 0 Å². The lowest BCUT2D eigenvalue weighted by Gasteiger charge is -2.08. The molecule has 0 amide bonds. The molecule has 0 fully saturated rings. The van der Waals surface area contributed by atoms with Crippen LogP contribution in [0.15, 0.2) is 0 Å². The zero-order valence-electron chi connectivity index (χ0n) is 7.17. The molecule has 0 rings (SSSR count). The van der Waals surface area contributed by atoms with Crippen molar-refractivity contribution in [3.8, 4) is 0 Å². The predicted octanol–water partition coefficient (Wildman–Crippen LogP) is 1.52. The molecule has 11 heavy (non-hydrogen) atoms. The molecule has 0 aliphatic rings. The fourth-order valence-electron chi connectivity index (χ4n) is 0.872. The largest absolute Gasteiger partial charge is 0.481 e. The summed E-state index contributed by atoms with van der Waals surface area (Å²) in [6.45, 7) is 5.00. The molecule has 0 heterocycles. The van der Waals surface area contributed by atoms with E-state index in [9.17, 15) is 4.79 Å². The molecule has 0 aliphatic heterocycles. The number of rotatable bonds is 6. The highest BCUT2D eigenvalue weighted by molar-refractivity contribution is 5.69. The van der Waals surface area contributed by atoms with Gasteiger partial charge in [0.25, 0.3) is 0 Å². The van der Waals surface area contributed by atoms with Crippen LogP contribution in [0.25, 0.3) is 0 Å². The van der Waals surface area contributed by atoms with E-state index in [-0.39, 0.29) is 5.92 Å². The maximum Gasteiger partial charge on any atom is 0.306 e. The Kier molecular flexibility index (Phi) is 5.84. The zero-order chi connectivity index (χ0) is 8.69. The maximum absolute atomic E-state index is 10.5. The van der Waals surface area contributed by atoms with E-state index in [0.29, 0.717) is 26.1 Å². The van der Waals surface area contributed by atoms with Crippen LogP contribution in [0.2, 0.25) is 0 Å². The first-order chi connectivity index (χ1) is 5.22. The Hall–Kier alpha value is -0.570. The number of hydrogen-bond acceptors (Lipinski definition) is 2. The second kappa shape index (κ2) is 6.16. The van der Waals surface area contributed by atoms with Crippen LogP contribution in [0.1, 0.15) is 26.7 Å². The molecule has 0 saturated carbocycles. The number of carboxylic acids is 1. The molecule has 0 radical (unpaired) electrons. The fourth-order valence-corrected chi connectivity index (χ4v) is 0.872. The predicted molar refractivity (Wildman–Crippen MR) is 42.5 cm³/mol. The van der Waals surface area contributed by atoms with Gasteiger partial charge in [0.2, 0.25) is 0 Å². The molecule has 3 nitrogen and oxygen atoms in total. The highest BCUT2D eigenvalue weighted by Gasteiger charge is 2.13. The Labute approximate surface area is 67.4 Å². The van der Waals surface area contributed by atoms with E-state index in [4.69, 9.17) is 9.84 Å². The first kappa shape index (κ1) is 10.4. The van der Waals surface area contributed by atoms with Crippen LogP contribution in [0, 0.1) is 5.92 Å². The molecule has 3 heteroatoms. The molecular weight excluding hydrogens is 144 g/mol. The summed E-state index contributed by atoms with van der Waals surface area (Å²) < 4.78 is 5.05. The Morgan fingerprint density at radius 1 is 1.55 bits per heavy atom. The monoisotopic (exact) mass is 160 g/mol. The number of carboxylic acid groups (broad SMARTS) is 1. The Bertz CT molecular complexity index is 112. The third kappa shape index (κ3) is 4.79. The summed E-state index contributed by atoms with van der Waals surface area (Å²) in [6, 6.07) is 0. The van der Waals surface area contributed by atoms with Crippen molar-refractivity contribution < 1.29 is 14.6 Å². The van der Waals surface area contributed by atoms with Crippen molar-refractivity contribution in [2.75, 3.05) is 13.2 Å². The van der Waals surface area contributed by atoms with Gasteiger partial charge in [0.05, 0.1) is 5.92 Å². The van der Waals surface area contributed by atoms with E-state index in [1.165, 1.54) is 0 Å². The highest BCUT2D eigenvalue weighted by atomic mass is 16.5. The summed E-state index contributed by atoms with van der Waals surface area (Å²) in [5, 5.41) is 8.62. The van der Waals surface area contributed by atoms with Gasteiger partial charge in [-0.1, -0.05) is 6.92 Å². The van der Waals surface area contributed by atoms with Crippen LogP contribution >= 0.6 is 0 Å². The minimum atomic E-state index is -0.716. The minimum Gasteiger partial charge on any atom is -0.481 e. The van der Waals surface area contributed by atoms with Crippen molar-refractivity contribution in [3.63, 3.8) is 0 Å². The van der Waals surface area contributed by atoms with Crippen molar-refractivity contribution in [3.05, 3.63) is 0 Å². The molecule has 0 saturated heterocycles. The molecule has 1 N–H and O–H groups in total. The fraction of sp³-hybridized carbons (Fsp3) is 0.875. The topological polar surface area (TPSA) is 46.5 Å². The van der Waals surface area contributed by atoms with E-state index >= 15 is 0 Å². The lowest BCUT2D eigenvalue weighted by Crippen LogP contribution is -2.14. The Morgan fingerprint density at radius 3 is 2.55 bits per heavy atom. The van der Waals surface area contributed by atoms with Crippen LogP contribution in [0.3, 0.4) is 0 Å². The van der Waals surface area contributed by atoms with Crippen LogP contribution in [-0.4, -0.2) is 24.3 Å². The van der Waals surface area contributed by atoms with Crippen LogP contribution < -0.4 is 0 Å². The highest BCUT2D eigenvalue weighted by Crippen LogP contribution is 2.07. The minimum absolute atomic E-state index is 0.235. The zero-order valence-corrected chi connectivity index (χ0v) is 7.17. The summed E-state index contributed by atoms with van der Waals surface area (Å²) in [5.74, 6) is -0.950. The van der Waals surface area contributed by atoms with Gasteiger partial charge in [-0.15, -0.1) is 0 Å². The number of ether oxygens (including phenoxy) is 1. The first-order valence-electron chi connectivity index (χ1n) is 4.02. The molecule has 0 aromatic carbocycles. The smallest absolute Gasteiger partial charge is 0.306 e. The Morgan fingerprint density at radius 2 is 2.18 bits per heavy atom. The quantitative estimate of drug-likeness (QED) is 0.599. The van der Waals surface area contributed by atoms with Gasteiger partial charge >= 0.3 is 5.97 Å². The lowest BCUT2D eigenvalue weighted by molar-refractivity contribution is -0.142. The van der Waals surface area contributed by atoms with E-state index in [1.54, 1.807) is 0 Å². The summed E-state index contributed by atoms with van der Waals surface area (Å²) in [6.07, 6.45) is 1.31. The van der Waals surface area contributed by atoms with Gasteiger partial charge in [-0.05, 0) is 19.8 Å². The van der Waals surface area contributed by atoms with E-state index < -0.39 is 5.97 Å². The van der Waals surface area contributed by atoms with Gasteiger partial charge in [0.15, 0.2) is 0 Å². The van der Waals surface area contributed by atoms with Gasteiger partial charge in [-0.25, -0.2) is 0 Å². The number of hydrogen-bond donors (Lipinski definition) is 1. The maximum atomic E-state index is 10.5. The third-order valence-electron chi connectivity index (χ3n) is 1.66. The molecular formula is C8H16O3. The second-order valence-corrected chi connectivity index (χ2v) is 2.43. The van der Waals surface area contributed by atoms with Crippen molar-refractivity contribution in [1.82, 2.24) is 0 Å². The molecule has 1 atom stereocenters. The van der Waals surface area contributed by atoms with E-state index in [0.717, 1.165) is 0 Å². The normalized spacial score (nSPS) is 12.9. The van der Waals surface area contributed by atoms with Crippen molar-refractivity contribution in [1.29, 1.82) is 0 Å². The summed E-state index contributed by atoms with van der Waals surface area (Å²) in [5.41, 5.74) is 0. The summed E-state index contributed by atoms with van der Waals surface area (Å²) in [7, 11) is 0. The summed E-state index contributed by atoms with van der Waals surface area (Å²) in [4.78, 5) is 10.5. The number of aliphatic carboxylic acids is 1. The second-order valence-electron chi connectivity index (χ2n) is 2.43. The van der Waals surface area contributed by atoms with Gasteiger partial charge in [-0.2, -0.15) is 0 Å². The third-order valence-corrected chi connectivity index (χ3v) is 1.66. The number of carbonyl (C=O) groups is 1. The van der Waals surface area contributed by atoms with Crippen molar-refractivity contribution in [2.45, 2.75) is 26.7 Å². The Balaban J connectivity index is 3.44. The van der Waals surface area contributed by atoms with Gasteiger partial charge in [-0.3, -0.25) is 4.79 Å². The molecule has 0 aromatic heterocycles. The van der Waals surface area contributed by atoms with Crippen LogP contribution in [0.5, 0.6) is 0 Å². The van der Waals surface area contributed by atoms with Crippen LogP contribution in [-0.2, 0) is 9.53 Å². The SMILES string of the molecule is CCOCC[C@H](CC)C(=O)O. The molecule has 0 unspecified atom stereocenters. The average molecular weight is 160 g/mol. The first-order valence-corrected chi connectivity index (χ1v) is 4.02. The average Bonchev–Trinajstić information content (AvgIpc) is 1.97. The van der Waals surface area contributed by atoms with Gasteiger partial charge < -0.3 is 9.84 Å². The van der Waals surface area contributed by atoms with Crippen LogP contribution in [0.4, 0.5) is 0 Å². The van der Waals surface area contributed by atoms with Gasteiger partial charge in [0, 0.05) is 13.2 Å². The lowest BCUT2D eigenvalue weighted by atomic mass is 10.0. The van der Waals surface area contributed by atoms with Gasteiger partial charge in [0.1, 0.15) is 0 Å². The van der Waals surface area contributed by atoms with Crippen molar-refractivity contribution in [2.24, 2.45) is 5.92 Å².